The molecule has 17 heavy (non-hydrogen) atoms. The van der Waals surface area contributed by atoms with Crippen molar-refractivity contribution in [1.29, 1.82) is 0 Å². The first-order valence-corrected chi connectivity index (χ1v) is 5.64. The molecule has 0 aromatic carbocycles. The molecule has 1 aromatic rings. The van der Waals surface area contributed by atoms with Crippen LogP contribution in [0.5, 0.6) is 0 Å². The van der Waals surface area contributed by atoms with Gasteiger partial charge in [0.25, 0.3) is 0 Å². The number of H-pyrrole nitrogens is 1. The lowest BCUT2D eigenvalue weighted by Gasteiger charge is -2.13. The van der Waals surface area contributed by atoms with Crippen molar-refractivity contribution in [1.82, 2.24) is 15.3 Å². The summed E-state index contributed by atoms with van der Waals surface area (Å²) in [7, 11) is 0. The molecule has 1 aliphatic carbocycles. The average Bonchev–Trinajstić information content (AvgIpc) is 2.92. The highest BCUT2D eigenvalue weighted by Crippen LogP contribution is 2.32. The lowest BCUT2D eigenvalue weighted by atomic mass is 10.1. The maximum atomic E-state index is 11.5. The molecule has 1 fully saturated rings. The Labute approximate surface area is 98.4 Å². The summed E-state index contributed by atoms with van der Waals surface area (Å²) in [5, 5.41) is 11.6. The summed E-state index contributed by atoms with van der Waals surface area (Å²) >= 11 is 0. The second-order valence-electron chi connectivity index (χ2n) is 4.39. The Kier molecular flexibility index (Phi) is 3.41. The van der Waals surface area contributed by atoms with Gasteiger partial charge in [-0.05, 0) is 18.8 Å². The van der Waals surface area contributed by atoms with Gasteiger partial charge >= 0.3 is 5.97 Å². The van der Waals surface area contributed by atoms with E-state index in [1.165, 1.54) is 6.33 Å². The topological polar surface area (TPSA) is 95.1 Å². The number of aromatic amines is 1. The summed E-state index contributed by atoms with van der Waals surface area (Å²) in [6, 6.07) is -0.887. The maximum absolute atomic E-state index is 11.5. The number of carboxylic acids is 1. The molecule has 0 aliphatic heterocycles. The Morgan fingerprint density at radius 2 is 2.35 bits per heavy atom. The minimum Gasteiger partial charge on any atom is -0.480 e. The van der Waals surface area contributed by atoms with Gasteiger partial charge in [0.2, 0.25) is 5.91 Å². The summed E-state index contributed by atoms with van der Waals surface area (Å²) in [6.45, 7) is 0. The van der Waals surface area contributed by atoms with Crippen LogP contribution >= 0.6 is 0 Å². The van der Waals surface area contributed by atoms with E-state index in [-0.39, 0.29) is 12.3 Å². The number of carbonyl (C=O) groups is 2. The molecule has 0 spiro atoms. The van der Waals surface area contributed by atoms with Crippen LogP contribution in [0.1, 0.15) is 25.0 Å². The smallest absolute Gasteiger partial charge is 0.326 e. The van der Waals surface area contributed by atoms with E-state index in [4.69, 9.17) is 5.11 Å². The van der Waals surface area contributed by atoms with Gasteiger partial charge in [0, 0.05) is 24.7 Å². The van der Waals surface area contributed by atoms with Gasteiger partial charge in [-0.25, -0.2) is 9.78 Å². The van der Waals surface area contributed by atoms with Crippen LogP contribution in [0, 0.1) is 5.92 Å². The third-order valence-corrected chi connectivity index (χ3v) is 2.78. The number of carbonyl (C=O) groups excluding carboxylic acids is 1. The van der Waals surface area contributed by atoms with Crippen LogP contribution in [-0.4, -0.2) is 33.0 Å². The van der Waals surface area contributed by atoms with E-state index in [9.17, 15) is 9.59 Å². The van der Waals surface area contributed by atoms with E-state index in [2.05, 4.69) is 15.3 Å². The number of carboxylic acid groups (broad SMARTS) is 1. The van der Waals surface area contributed by atoms with Crippen molar-refractivity contribution in [2.75, 3.05) is 0 Å². The van der Waals surface area contributed by atoms with Crippen molar-refractivity contribution in [3.05, 3.63) is 18.2 Å². The maximum Gasteiger partial charge on any atom is 0.326 e. The molecule has 1 amide bonds. The quantitative estimate of drug-likeness (QED) is 0.664. The molecule has 92 valence electrons. The number of amides is 1. The molecular weight excluding hydrogens is 222 g/mol. The number of hydrogen-bond donors (Lipinski definition) is 3. The van der Waals surface area contributed by atoms with Crippen molar-refractivity contribution in [3.8, 4) is 0 Å². The van der Waals surface area contributed by atoms with E-state index in [0.717, 1.165) is 12.8 Å². The lowest BCUT2D eigenvalue weighted by molar-refractivity contribution is -0.141. The van der Waals surface area contributed by atoms with Crippen molar-refractivity contribution in [2.24, 2.45) is 5.92 Å². The minimum absolute atomic E-state index is 0.181. The van der Waals surface area contributed by atoms with Gasteiger partial charge in [-0.3, -0.25) is 4.79 Å². The molecular formula is C11H15N3O3. The number of aromatic nitrogens is 2. The Morgan fingerprint density at radius 3 is 2.88 bits per heavy atom. The van der Waals surface area contributed by atoms with Gasteiger partial charge in [-0.1, -0.05) is 0 Å². The zero-order chi connectivity index (χ0) is 12.3. The fraction of sp³-hybridized carbons (Fsp3) is 0.545. The Balaban J connectivity index is 1.87. The fourth-order valence-corrected chi connectivity index (χ4v) is 1.65. The molecule has 3 N–H and O–H groups in total. The van der Waals surface area contributed by atoms with Gasteiger partial charge in [0.05, 0.1) is 6.33 Å². The fourth-order valence-electron chi connectivity index (χ4n) is 1.65. The van der Waals surface area contributed by atoms with Crippen LogP contribution in [0.2, 0.25) is 0 Å². The molecule has 0 radical (unpaired) electrons. The van der Waals surface area contributed by atoms with Gasteiger partial charge in [-0.15, -0.1) is 0 Å². The third kappa shape index (κ3) is 3.58. The van der Waals surface area contributed by atoms with E-state index in [1.54, 1.807) is 6.20 Å². The average molecular weight is 237 g/mol. The Hall–Kier alpha value is -1.85. The van der Waals surface area contributed by atoms with Gasteiger partial charge in [0.15, 0.2) is 0 Å². The zero-order valence-corrected chi connectivity index (χ0v) is 9.35. The predicted molar refractivity (Wildman–Crippen MR) is 59.2 cm³/mol. The molecule has 1 atom stereocenters. The highest BCUT2D eigenvalue weighted by molar-refractivity contribution is 5.83. The molecule has 1 heterocycles. The molecule has 1 saturated carbocycles. The molecule has 6 heteroatoms. The van der Waals surface area contributed by atoms with Crippen LogP contribution < -0.4 is 5.32 Å². The summed E-state index contributed by atoms with van der Waals surface area (Å²) in [5.74, 6) is -0.750. The second-order valence-corrected chi connectivity index (χ2v) is 4.39. The molecule has 0 unspecified atom stereocenters. The van der Waals surface area contributed by atoms with Gasteiger partial charge < -0.3 is 15.4 Å². The molecule has 2 rings (SSSR count). The number of aliphatic carboxylic acids is 1. The van der Waals surface area contributed by atoms with Crippen LogP contribution in [0.3, 0.4) is 0 Å². The van der Waals surface area contributed by atoms with E-state index in [0.29, 0.717) is 18.0 Å². The van der Waals surface area contributed by atoms with Crippen molar-refractivity contribution >= 4 is 11.9 Å². The third-order valence-electron chi connectivity index (χ3n) is 2.78. The zero-order valence-electron chi connectivity index (χ0n) is 9.35. The first kappa shape index (κ1) is 11.6. The molecule has 0 saturated heterocycles. The number of hydrogen-bond acceptors (Lipinski definition) is 3. The summed E-state index contributed by atoms with van der Waals surface area (Å²) < 4.78 is 0. The van der Waals surface area contributed by atoms with Crippen LogP contribution in [0.25, 0.3) is 0 Å². The number of nitrogens with zero attached hydrogens (tertiary/aromatic N) is 1. The largest absolute Gasteiger partial charge is 0.480 e. The normalized spacial score (nSPS) is 16.5. The summed E-state index contributed by atoms with van der Waals surface area (Å²) in [6.07, 6.45) is 5.86. The van der Waals surface area contributed by atoms with Crippen molar-refractivity contribution < 1.29 is 14.7 Å². The minimum atomic E-state index is -1.02. The number of imidazole rings is 1. The van der Waals surface area contributed by atoms with Crippen LogP contribution in [0.15, 0.2) is 12.5 Å². The highest BCUT2D eigenvalue weighted by atomic mass is 16.4. The molecule has 1 aliphatic rings. The predicted octanol–water partition coefficient (Wildman–Crippen LogP) is 0.322. The monoisotopic (exact) mass is 237 g/mol. The van der Waals surface area contributed by atoms with Crippen LogP contribution in [0.4, 0.5) is 0 Å². The summed E-state index contributed by atoms with van der Waals surface area (Å²) in [5.41, 5.74) is 0.698. The Morgan fingerprint density at radius 1 is 1.59 bits per heavy atom. The number of nitrogens with one attached hydrogen (secondary N) is 2. The summed E-state index contributed by atoms with van der Waals surface area (Å²) in [4.78, 5) is 29.2. The van der Waals surface area contributed by atoms with E-state index >= 15 is 0 Å². The second kappa shape index (κ2) is 4.99. The SMILES string of the molecule is O=C(CC1CC1)N[C@H](Cc1cnc[nH]1)C(=O)O. The van der Waals surface area contributed by atoms with Crippen molar-refractivity contribution in [3.63, 3.8) is 0 Å². The lowest BCUT2D eigenvalue weighted by Crippen LogP contribution is -2.42. The molecule has 0 bridgehead atoms. The van der Waals surface area contributed by atoms with Gasteiger partial charge in [0.1, 0.15) is 6.04 Å². The van der Waals surface area contributed by atoms with E-state index in [1.807, 2.05) is 0 Å². The van der Waals surface area contributed by atoms with Crippen LogP contribution in [-0.2, 0) is 16.0 Å². The molecule has 1 aromatic heterocycles. The first-order valence-electron chi connectivity index (χ1n) is 5.64. The highest BCUT2D eigenvalue weighted by Gasteiger charge is 2.27. The number of rotatable bonds is 6. The van der Waals surface area contributed by atoms with E-state index < -0.39 is 12.0 Å². The Bertz CT molecular complexity index is 398. The van der Waals surface area contributed by atoms with Gasteiger partial charge in [-0.2, -0.15) is 0 Å². The standard InChI is InChI=1S/C11H15N3O3/c15-10(3-7-1-2-7)14-9(11(16)17)4-8-5-12-6-13-8/h5-7,9H,1-4H2,(H,12,13)(H,14,15)(H,16,17)/t9-/m1/s1. The van der Waals surface area contributed by atoms with Crippen molar-refractivity contribution in [2.45, 2.75) is 31.7 Å². The molecule has 6 nitrogen and oxygen atoms in total. The first-order chi connectivity index (χ1) is 8.15.